The number of amides is 1. The lowest BCUT2D eigenvalue weighted by Gasteiger charge is -2.12. The first-order valence-corrected chi connectivity index (χ1v) is 6.35. The maximum atomic E-state index is 11.9. The van der Waals surface area contributed by atoms with E-state index in [1.807, 2.05) is 32.0 Å². The van der Waals surface area contributed by atoms with Crippen molar-refractivity contribution in [2.24, 2.45) is 0 Å². The standard InChI is InChI=1S/C16H17NO3/c1-11-6-5-7-12(2)16(11)17-15(19)10-20-14-9-4-3-8-13(14)18/h3-9,18H,10H2,1-2H3,(H,17,19). The number of carbonyl (C=O) groups is 1. The van der Waals surface area contributed by atoms with E-state index in [4.69, 9.17) is 4.74 Å². The molecule has 2 rings (SSSR count). The van der Waals surface area contributed by atoms with E-state index < -0.39 is 0 Å². The van der Waals surface area contributed by atoms with Crippen LogP contribution in [0.2, 0.25) is 0 Å². The van der Waals surface area contributed by atoms with Gasteiger partial charge in [-0.05, 0) is 37.1 Å². The molecule has 0 spiro atoms. The van der Waals surface area contributed by atoms with Crippen LogP contribution in [0.4, 0.5) is 5.69 Å². The van der Waals surface area contributed by atoms with E-state index >= 15 is 0 Å². The van der Waals surface area contributed by atoms with Crippen LogP contribution in [0.5, 0.6) is 11.5 Å². The van der Waals surface area contributed by atoms with Gasteiger partial charge in [0.05, 0.1) is 0 Å². The molecule has 0 fully saturated rings. The Kier molecular flexibility index (Phi) is 4.25. The van der Waals surface area contributed by atoms with Crippen LogP contribution in [-0.2, 0) is 4.79 Å². The number of carbonyl (C=O) groups excluding carboxylic acids is 1. The van der Waals surface area contributed by atoms with E-state index in [9.17, 15) is 9.90 Å². The van der Waals surface area contributed by atoms with Crippen molar-refractivity contribution in [1.82, 2.24) is 0 Å². The van der Waals surface area contributed by atoms with Crippen molar-refractivity contribution in [3.63, 3.8) is 0 Å². The molecule has 0 atom stereocenters. The maximum Gasteiger partial charge on any atom is 0.262 e. The second-order valence-corrected chi connectivity index (χ2v) is 4.57. The lowest BCUT2D eigenvalue weighted by molar-refractivity contribution is -0.118. The predicted molar refractivity (Wildman–Crippen MR) is 78.1 cm³/mol. The summed E-state index contributed by atoms with van der Waals surface area (Å²) in [7, 11) is 0. The quantitative estimate of drug-likeness (QED) is 0.898. The third-order valence-corrected chi connectivity index (χ3v) is 2.97. The van der Waals surface area contributed by atoms with Gasteiger partial charge in [-0.25, -0.2) is 0 Å². The van der Waals surface area contributed by atoms with Crippen LogP contribution >= 0.6 is 0 Å². The highest BCUT2D eigenvalue weighted by Crippen LogP contribution is 2.24. The van der Waals surface area contributed by atoms with Gasteiger partial charge in [0.2, 0.25) is 0 Å². The lowest BCUT2D eigenvalue weighted by Crippen LogP contribution is -2.21. The van der Waals surface area contributed by atoms with E-state index in [1.54, 1.807) is 18.2 Å². The minimum Gasteiger partial charge on any atom is -0.504 e. The molecule has 0 heterocycles. The fourth-order valence-corrected chi connectivity index (χ4v) is 1.91. The van der Waals surface area contributed by atoms with Gasteiger partial charge in [-0.15, -0.1) is 0 Å². The van der Waals surface area contributed by atoms with Crippen LogP contribution in [0.1, 0.15) is 11.1 Å². The van der Waals surface area contributed by atoms with E-state index in [0.717, 1.165) is 16.8 Å². The normalized spacial score (nSPS) is 10.1. The van der Waals surface area contributed by atoms with Crippen molar-refractivity contribution < 1.29 is 14.6 Å². The fourth-order valence-electron chi connectivity index (χ4n) is 1.91. The van der Waals surface area contributed by atoms with Crippen LogP contribution < -0.4 is 10.1 Å². The number of anilines is 1. The van der Waals surface area contributed by atoms with Crippen molar-refractivity contribution in [3.05, 3.63) is 53.6 Å². The van der Waals surface area contributed by atoms with Gasteiger partial charge in [0, 0.05) is 5.69 Å². The average Bonchev–Trinajstić information content (AvgIpc) is 2.42. The Balaban J connectivity index is 1.98. The summed E-state index contributed by atoms with van der Waals surface area (Å²) < 4.78 is 5.29. The number of hydrogen-bond donors (Lipinski definition) is 2. The van der Waals surface area contributed by atoms with Crippen LogP contribution in [-0.4, -0.2) is 17.6 Å². The summed E-state index contributed by atoms with van der Waals surface area (Å²) in [6.45, 7) is 3.73. The van der Waals surface area contributed by atoms with Gasteiger partial charge in [-0.1, -0.05) is 30.3 Å². The van der Waals surface area contributed by atoms with Gasteiger partial charge >= 0.3 is 0 Å². The molecule has 2 N–H and O–H groups in total. The van der Waals surface area contributed by atoms with E-state index in [0.29, 0.717) is 5.75 Å². The fraction of sp³-hybridized carbons (Fsp3) is 0.188. The Bertz CT molecular complexity index is 603. The molecule has 0 aromatic heterocycles. The summed E-state index contributed by atoms with van der Waals surface area (Å²) in [5, 5.41) is 12.4. The van der Waals surface area contributed by atoms with Gasteiger partial charge in [0.25, 0.3) is 5.91 Å². The minimum atomic E-state index is -0.259. The monoisotopic (exact) mass is 271 g/mol. The molecular weight excluding hydrogens is 254 g/mol. The van der Waals surface area contributed by atoms with E-state index in [-0.39, 0.29) is 18.3 Å². The smallest absolute Gasteiger partial charge is 0.262 e. The number of rotatable bonds is 4. The third kappa shape index (κ3) is 3.29. The summed E-state index contributed by atoms with van der Waals surface area (Å²) in [6, 6.07) is 12.4. The summed E-state index contributed by atoms with van der Waals surface area (Å²) in [4.78, 5) is 11.9. The maximum absolute atomic E-state index is 11.9. The number of phenols is 1. The van der Waals surface area contributed by atoms with Crippen molar-refractivity contribution in [3.8, 4) is 11.5 Å². The molecule has 1 amide bonds. The molecular formula is C16H17NO3. The molecule has 4 heteroatoms. The largest absolute Gasteiger partial charge is 0.504 e. The van der Waals surface area contributed by atoms with Crippen LogP contribution in [0, 0.1) is 13.8 Å². The Morgan fingerprint density at radius 2 is 1.75 bits per heavy atom. The summed E-state index contributed by atoms with van der Waals surface area (Å²) in [5.74, 6) is 0.0576. The molecule has 0 bridgehead atoms. The zero-order valence-electron chi connectivity index (χ0n) is 11.5. The first-order valence-electron chi connectivity index (χ1n) is 6.35. The SMILES string of the molecule is Cc1cccc(C)c1NC(=O)COc1ccccc1O. The predicted octanol–water partition coefficient (Wildman–Crippen LogP) is 3.03. The Morgan fingerprint density at radius 3 is 2.40 bits per heavy atom. The minimum absolute atomic E-state index is 0.0207. The molecule has 0 unspecified atom stereocenters. The van der Waals surface area contributed by atoms with E-state index in [2.05, 4.69) is 5.32 Å². The molecule has 0 saturated heterocycles. The molecule has 20 heavy (non-hydrogen) atoms. The summed E-state index contributed by atoms with van der Waals surface area (Å²) in [5.41, 5.74) is 2.81. The second-order valence-electron chi connectivity index (χ2n) is 4.57. The molecule has 2 aromatic rings. The number of ether oxygens (including phenoxy) is 1. The molecule has 0 aliphatic carbocycles. The van der Waals surface area contributed by atoms with Crippen molar-refractivity contribution in [1.29, 1.82) is 0 Å². The molecule has 104 valence electrons. The molecule has 4 nitrogen and oxygen atoms in total. The van der Waals surface area contributed by atoms with Gasteiger partial charge in [0.15, 0.2) is 18.1 Å². The molecule has 0 aliphatic heterocycles. The van der Waals surface area contributed by atoms with Crippen molar-refractivity contribution >= 4 is 11.6 Å². The summed E-state index contributed by atoms with van der Waals surface area (Å²) >= 11 is 0. The van der Waals surface area contributed by atoms with E-state index in [1.165, 1.54) is 6.07 Å². The number of phenolic OH excluding ortho intramolecular Hbond substituents is 1. The summed E-state index contributed by atoms with van der Waals surface area (Å²) in [6.07, 6.45) is 0. The molecule has 0 saturated carbocycles. The Hall–Kier alpha value is -2.49. The first-order chi connectivity index (χ1) is 9.58. The number of nitrogens with one attached hydrogen (secondary N) is 1. The zero-order chi connectivity index (χ0) is 14.5. The Morgan fingerprint density at radius 1 is 1.10 bits per heavy atom. The number of para-hydroxylation sites is 3. The van der Waals surface area contributed by atoms with Crippen molar-refractivity contribution in [2.45, 2.75) is 13.8 Å². The molecule has 2 aromatic carbocycles. The lowest BCUT2D eigenvalue weighted by atomic mass is 10.1. The number of benzene rings is 2. The van der Waals surface area contributed by atoms with Crippen molar-refractivity contribution in [2.75, 3.05) is 11.9 Å². The molecule has 0 aliphatic rings. The topological polar surface area (TPSA) is 58.6 Å². The number of aryl methyl sites for hydroxylation is 2. The zero-order valence-corrected chi connectivity index (χ0v) is 11.5. The molecule has 0 radical (unpaired) electrons. The number of hydrogen-bond acceptors (Lipinski definition) is 3. The van der Waals surface area contributed by atoms with Gasteiger partial charge < -0.3 is 15.2 Å². The third-order valence-electron chi connectivity index (χ3n) is 2.97. The van der Waals surface area contributed by atoms with Crippen LogP contribution in [0.25, 0.3) is 0 Å². The Labute approximate surface area is 118 Å². The van der Waals surface area contributed by atoms with Crippen LogP contribution in [0.3, 0.4) is 0 Å². The van der Waals surface area contributed by atoms with Gasteiger partial charge in [-0.3, -0.25) is 4.79 Å². The van der Waals surface area contributed by atoms with Gasteiger partial charge in [-0.2, -0.15) is 0 Å². The first kappa shape index (κ1) is 13.9. The highest BCUT2D eigenvalue weighted by atomic mass is 16.5. The average molecular weight is 271 g/mol. The highest BCUT2D eigenvalue weighted by molar-refractivity contribution is 5.93. The highest BCUT2D eigenvalue weighted by Gasteiger charge is 2.09. The van der Waals surface area contributed by atoms with Crippen LogP contribution in [0.15, 0.2) is 42.5 Å². The van der Waals surface area contributed by atoms with Gasteiger partial charge in [0.1, 0.15) is 0 Å². The second kappa shape index (κ2) is 6.10. The number of aromatic hydroxyl groups is 1.